The van der Waals surface area contributed by atoms with Crippen LogP contribution in [-0.2, 0) is 5.41 Å². The third-order valence-corrected chi connectivity index (χ3v) is 4.19. The third kappa shape index (κ3) is 1.56. The Morgan fingerprint density at radius 3 is 2.69 bits per heavy atom. The largest absolute Gasteiger partial charge is 0.329 e. The van der Waals surface area contributed by atoms with Crippen LogP contribution in [0.2, 0.25) is 0 Å². The molecule has 2 aliphatic carbocycles. The lowest BCUT2D eigenvalue weighted by molar-refractivity contribution is 0.276. The summed E-state index contributed by atoms with van der Waals surface area (Å²) in [5.41, 5.74) is 6.16. The fourth-order valence-corrected chi connectivity index (χ4v) is 2.99. The number of hydrogen-bond acceptors (Lipinski definition) is 3. The van der Waals surface area contributed by atoms with Gasteiger partial charge >= 0.3 is 0 Å². The topological polar surface area (TPSA) is 56.7 Å². The van der Waals surface area contributed by atoms with Crippen molar-refractivity contribution in [1.82, 2.24) is 14.8 Å². The summed E-state index contributed by atoms with van der Waals surface area (Å²) in [6, 6.07) is 0.662. The van der Waals surface area contributed by atoms with Crippen molar-refractivity contribution in [3.63, 3.8) is 0 Å². The summed E-state index contributed by atoms with van der Waals surface area (Å²) < 4.78 is 2.29. The number of hydrogen-bond donors (Lipinski definition) is 1. The van der Waals surface area contributed by atoms with E-state index < -0.39 is 0 Å². The van der Waals surface area contributed by atoms with Crippen molar-refractivity contribution < 1.29 is 0 Å². The van der Waals surface area contributed by atoms with Crippen LogP contribution in [-0.4, -0.2) is 21.3 Å². The fourth-order valence-electron chi connectivity index (χ4n) is 2.99. The summed E-state index contributed by atoms with van der Waals surface area (Å²) in [7, 11) is 0. The van der Waals surface area contributed by atoms with E-state index in [1.165, 1.54) is 44.9 Å². The minimum absolute atomic E-state index is 0.122. The maximum absolute atomic E-state index is 6.04. The van der Waals surface area contributed by atoms with Crippen LogP contribution >= 0.6 is 0 Å². The minimum atomic E-state index is 0.122. The molecule has 0 radical (unpaired) electrons. The molecule has 1 aromatic heterocycles. The van der Waals surface area contributed by atoms with E-state index in [9.17, 15) is 0 Å². The van der Waals surface area contributed by atoms with Crippen molar-refractivity contribution in [2.75, 3.05) is 6.54 Å². The molecule has 3 rings (SSSR count). The lowest BCUT2D eigenvalue weighted by atomic mass is 9.73. The van der Waals surface area contributed by atoms with E-state index in [2.05, 4.69) is 14.8 Å². The third-order valence-electron chi connectivity index (χ3n) is 4.19. The van der Waals surface area contributed by atoms with Crippen LogP contribution in [0.25, 0.3) is 0 Å². The maximum Gasteiger partial charge on any atom is 0.140 e. The first-order valence-electron chi connectivity index (χ1n) is 6.46. The Hall–Kier alpha value is -0.900. The highest BCUT2D eigenvalue weighted by atomic mass is 15.3. The molecule has 0 amide bonds. The molecule has 2 fully saturated rings. The van der Waals surface area contributed by atoms with E-state index in [1.807, 2.05) is 6.33 Å². The quantitative estimate of drug-likeness (QED) is 0.844. The summed E-state index contributed by atoms with van der Waals surface area (Å²) in [6.07, 6.45) is 10.8. The van der Waals surface area contributed by atoms with Crippen molar-refractivity contribution in [2.45, 2.75) is 56.4 Å². The van der Waals surface area contributed by atoms with E-state index in [-0.39, 0.29) is 5.41 Å². The van der Waals surface area contributed by atoms with Crippen LogP contribution in [0.5, 0.6) is 0 Å². The lowest BCUT2D eigenvalue weighted by Gasteiger charge is -2.35. The average Bonchev–Trinajstić information content (AvgIpc) is 3.07. The van der Waals surface area contributed by atoms with E-state index in [1.54, 1.807) is 0 Å². The van der Waals surface area contributed by atoms with Crippen molar-refractivity contribution in [1.29, 1.82) is 0 Å². The summed E-state index contributed by atoms with van der Waals surface area (Å²) in [4.78, 5) is 0. The highest BCUT2D eigenvalue weighted by Crippen LogP contribution is 2.42. The van der Waals surface area contributed by atoms with E-state index in [0.29, 0.717) is 6.04 Å². The molecule has 0 aromatic carbocycles. The van der Waals surface area contributed by atoms with Crippen LogP contribution in [0, 0.1) is 0 Å². The molecule has 4 nitrogen and oxygen atoms in total. The molecule has 0 saturated heterocycles. The summed E-state index contributed by atoms with van der Waals surface area (Å²) in [6.45, 7) is 0.721. The monoisotopic (exact) mass is 220 g/mol. The predicted octanol–water partition coefficient (Wildman–Crippen LogP) is 1.77. The van der Waals surface area contributed by atoms with Gasteiger partial charge in [-0.25, -0.2) is 0 Å². The first-order valence-corrected chi connectivity index (χ1v) is 6.46. The van der Waals surface area contributed by atoms with E-state index >= 15 is 0 Å². The second-order valence-corrected chi connectivity index (χ2v) is 5.34. The number of nitrogens with two attached hydrogens (primary N) is 1. The van der Waals surface area contributed by atoms with Crippen molar-refractivity contribution in [2.24, 2.45) is 5.73 Å². The first kappa shape index (κ1) is 10.3. The molecule has 1 heterocycles. The van der Waals surface area contributed by atoms with Gasteiger partial charge in [0.1, 0.15) is 12.2 Å². The zero-order valence-electron chi connectivity index (χ0n) is 9.73. The van der Waals surface area contributed by atoms with Gasteiger partial charge in [0.15, 0.2) is 0 Å². The van der Waals surface area contributed by atoms with E-state index in [0.717, 1.165) is 12.4 Å². The molecule has 0 aliphatic heterocycles. The van der Waals surface area contributed by atoms with Gasteiger partial charge in [0.2, 0.25) is 0 Å². The van der Waals surface area contributed by atoms with Crippen LogP contribution in [0.3, 0.4) is 0 Å². The molecule has 2 aliphatic rings. The van der Waals surface area contributed by atoms with Gasteiger partial charge in [-0.2, -0.15) is 0 Å². The van der Waals surface area contributed by atoms with Gasteiger partial charge < -0.3 is 10.3 Å². The summed E-state index contributed by atoms with van der Waals surface area (Å²) in [5.74, 6) is 1.16. The molecule has 0 unspecified atom stereocenters. The van der Waals surface area contributed by atoms with Crippen molar-refractivity contribution in [3.8, 4) is 0 Å². The first-order chi connectivity index (χ1) is 7.86. The highest BCUT2D eigenvalue weighted by molar-refractivity contribution is 5.12. The zero-order valence-corrected chi connectivity index (χ0v) is 9.73. The van der Waals surface area contributed by atoms with E-state index in [4.69, 9.17) is 5.73 Å². The van der Waals surface area contributed by atoms with Gasteiger partial charge in [-0.15, -0.1) is 10.2 Å². The Labute approximate surface area is 96.2 Å². The Morgan fingerprint density at radius 2 is 2.06 bits per heavy atom. The minimum Gasteiger partial charge on any atom is -0.329 e. The summed E-state index contributed by atoms with van der Waals surface area (Å²) >= 11 is 0. The smallest absolute Gasteiger partial charge is 0.140 e. The molecule has 16 heavy (non-hydrogen) atoms. The second kappa shape index (κ2) is 3.84. The predicted molar refractivity (Wildman–Crippen MR) is 62.1 cm³/mol. The number of rotatable bonds is 3. The highest BCUT2D eigenvalue weighted by Gasteiger charge is 2.39. The molecular formula is C12H20N4. The molecular weight excluding hydrogens is 200 g/mol. The fraction of sp³-hybridized carbons (Fsp3) is 0.833. The Morgan fingerprint density at radius 1 is 1.31 bits per heavy atom. The van der Waals surface area contributed by atoms with Crippen molar-refractivity contribution in [3.05, 3.63) is 12.2 Å². The molecule has 2 saturated carbocycles. The number of aromatic nitrogens is 3. The summed E-state index contributed by atoms with van der Waals surface area (Å²) in [5, 5.41) is 8.49. The maximum atomic E-state index is 6.04. The van der Waals surface area contributed by atoms with Gasteiger partial charge in [-0.3, -0.25) is 0 Å². The lowest BCUT2D eigenvalue weighted by Crippen LogP contribution is -2.39. The normalized spacial score (nSPS) is 24.6. The average molecular weight is 220 g/mol. The molecule has 4 heteroatoms. The Balaban J connectivity index is 1.95. The standard InChI is InChI=1S/C12H20N4/c13-8-12(6-2-1-3-7-12)11-15-14-9-16(11)10-4-5-10/h9-10H,1-8,13H2. The molecule has 0 spiro atoms. The van der Waals surface area contributed by atoms with Crippen LogP contribution < -0.4 is 5.73 Å². The second-order valence-electron chi connectivity index (χ2n) is 5.34. The number of nitrogens with zero attached hydrogens (tertiary/aromatic N) is 3. The van der Waals surface area contributed by atoms with Gasteiger partial charge in [-0.05, 0) is 25.7 Å². The molecule has 0 bridgehead atoms. The molecule has 88 valence electrons. The van der Waals surface area contributed by atoms with Gasteiger partial charge in [-0.1, -0.05) is 19.3 Å². The molecule has 1 aromatic rings. The molecule has 2 N–H and O–H groups in total. The van der Waals surface area contributed by atoms with Gasteiger partial charge in [0, 0.05) is 18.0 Å². The van der Waals surface area contributed by atoms with Crippen LogP contribution in [0.15, 0.2) is 6.33 Å². The Kier molecular flexibility index (Phi) is 2.46. The van der Waals surface area contributed by atoms with Crippen LogP contribution in [0.1, 0.15) is 56.8 Å². The van der Waals surface area contributed by atoms with Crippen LogP contribution in [0.4, 0.5) is 0 Å². The van der Waals surface area contributed by atoms with Gasteiger partial charge in [0.05, 0.1) is 0 Å². The zero-order chi connectivity index (χ0) is 11.0. The Bertz CT molecular complexity index is 361. The van der Waals surface area contributed by atoms with Crippen molar-refractivity contribution >= 4 is 0 Å². The molecule has 0 atom stereocenters. The van der Waals surface area contributed by atoms with Gasteiger partial charge in [0.25, 0.3) is 0 Å². The SMILES string of the molecule is NCC1(c2nncn2C2CC2)CCCCC1.